The molecule has 2 aromatic heterocycles. The van der Waals surface area contributed by atoms with Gasteiger partial charge in [-0.2, -0.15) is 0 Å². The maximum absolute atomic E-state index is 5.97. The van der Waals surface area contributed by atoms with Crippen LogP contribution in [0.15, 0.2) is 40.1 Å². The second kappa shape index (κ2) is 6.78. The molecule has 0 amide bonds. The first-order valence-corrected chi connectivity index (χ1v) is 7.54. The molecule has 2 aromatic rings. The highest BCUT2D eigenvalue weighted by Crippen LogP contribution is 2.24. The third-order valence-corrected chi connectivity index (χ3v) is 4.17. The summed E-state index contributed by atoms with van der Waals surface area (Å²) in [5.41, 5.74) is 8.39. The van der Waals surface area contributed by atoms with E-state index in [2.05, 4.69) is 24.9 Å². The van der Waals surface area contributed by atoms with Crippen LogP contribution < -0.4 is 5.73 Å². The number of thioether (sulfide) groups is 1. The van der Waals surface area contributed by atoms with Crippen LogP contribution in [-0.4, -0.2) is 11.0 Å². The fourth-order valence-electron chi connectivity index (χ4n) is 1.86. The van der Waals surface area contributed by atoms with Crippen LogP contribution in [0.25, 0.3) is 0 Å². The van der Waals surface area contributed by atoms with Crippen molar-refractivity contribution in [1.82, 2.24) is 4.98 Å². The summed E-state index contributed by atoms with van der Waals surface area (Å²) in [5.74, 6) is 1.79. The van der Waals surface area contributed by atoms with Crippen LogP contribution >= 0.6 is 11.8 Å². The lowest BCUT2D eigenvalue weighted by Gasteiger charge is -2.10. The van der Waals surface area contributed by atoms with Gasteiger partial charge in [0, 0.05) is 12.2 Å². The summed E-state index contributed by atoms with van der Waals surface area (Å²) in [4.78, 5) is 4.53. The van der Waals surface area contributed by atoms with Gasteiger partial charge in [-0.15, -0.1) is 0 Å². The topological polar surface area (TPSA) is 52.0 Å². The van der Waals surface area contributed by atoms with Gasteiger partial charge < -0.3 is 10.2 Å². The van der Waals surface area contributed by atoms with Crippen molar-refractivity contribution in [2.45, 2.75) is 43.5 Å². The second-order valence-corrected chi connectivity index (χ2v) is 5.67. The predicted molar refractivity (Wildman–Crippen MR) is 79.2 cm³/mol. The van der Waals surface area contributed by atoms with E-state index in [4.69, 9.17) is 10.2 Å². The van der Waals surface area contributed by atoms with Crippen LogP contribution in [-0.2, 0) is 12.2 Å². The third kappa shape index (κ3) is 4.11. The zero-order valence-electron chi connectivity index (χ0n) is 11.4. The van der Waals surface area contributed by atoms with E-state index in [1.807, 2.05) is 18.3 Å². The number of hydrogen-bond acceptors (Lipinski definition) is 4. The van der Waals surface area contributed by atoms with Crippen LogP contribution in [0.5, 0.6) is 0 Å². The number of furan rings is 1. The molecule has 4 heteroatoms. The first kappa shape index (κ1) is 14.2. The lowest BCUT2D eigenvalue weighted by Crippen LogP contribution is -2.21. The van der Waals surface area contributed by atoms with Gasteiger partial charge in [0.1, 0.15) is 5.76 Å². The SMILES string of the molecule is CCC(N)Cc1cnc(SCc2ccco2)c(C)c1. The molecule has 0 aliphatic rings. The highest BCUT2D eigenvalue weighted by atomic mass is 32.2. The lowest BCUT2D eigenvalue weighted by atomic mass is 10.1. The second-order valence-electron chi connectivity index (χ2n) is 4.71. The zero-order chi connectivity index (χ0) is 13.7. The van der Waals surface area contributed by atoms with Gasteiger partial charge in [0.2, 0.25) is 0 Å². The van der Waals surface area contributed by atoms with Crippen molar-refractivity contribution < 1.29 is 4.42 Å². The molecule has 1 atom stereocenters. The van der Waals surface area contributed by atoms with E-state index in [0.29, 0.717) is 0 Å². The summed E-state index contributed by atoms with van der Waals surface area (Å²) in [7, 11) is 0. The summed E-state index contributed by atoms with van der Waals surface area (Å²) < 4.78 is 5.32. The maximum Gasteiger partial charge on any atom is 0.114 e. The van der Waals surface area contributed by atoms with Crippen LogP contribution in [0.3, 0.4) is 0 Å². The van der Waals surface area contributed by atoms with E-state index in [1.165, 1.54) is 11.1 Å². The molecule has 19 heavy (non-hydrogen) atoms. The highest BCUT2D eigenvalue weighted by molar-refractivity contribution is 7.98. The van der Waals surface area contributed by atoms with Crippen molar-refractivity contribution in [3.63, 3.8) is 0 Å². The molecule has 0 aromatic carbocycles. The molecule has 2 rings (SSSR count). The van der Waals surface area contributed by atoms with Crippen LogP contribution in [0.2, 0.25) is 0 Å². The number of nitrogens with zero attached hydrogens (tertiary/aromatic N) is 1. The molecule has 2 heterocycles. The van der Waals surface area contributed by atoms with E-state index < -0.39 is 0 Å². The fourth-order valence-corrected chi connectivity index (χ4v) is 2.72. The summed E-state index contributed by atoms with van der Waals surface area (Å²) in [5, 5.41) is 1.06. The zero-order valence-corrected chi connectivity index (χ0v) is 12.2. The van der Waals surface area contributed by atoms with Crippen molar-refractivity contribution >= 4 is 11.8 Å². The maximum atomic E-state index is 5.97. The minimum absolute atomic E-state index is 0.225. The standard InChI is InChI=1S/C15H20N2OS/c1-3-13(16)8-12-7-11(2)15(17-9-12)19-10-14-5-4-6-18-14/h4-7,9,13H,3,8,10,16H2,1-2H3. The minimum Gasteiger partial charge on any atom is -0.468 e. The number of hydrogen-bond donors (Lipinski definition) is 1. The van der Waals surface area contributed by atoms with Crippen molar-refractivity contribution in [3.05, 3.63) is 47.5 Å². The van der Waals surface area contributed by atoms with E-state index >= 15 is 0 Å². The van der Waals surface area contributed by atoms with Gasteiger partial charge >= 0.3 is 0 Å². The average molecular weight is 276 g/mol. The molecule has 0 aliphatic carbocycles. The highest BCUT2D eigenvalue weighted by Gasteiger charge is 2.07. The number of rotatable bonds is 6. The Morgan fingerprint density at radius 2 is 2.32 bits per heavy atom. The number of nitrogens with two attached hydrogens (primary N) is 1. The minimum atomic E-state index is 0.225. The summed E-state index contributed by atoms with van der Waals surface area (Å²) >= 11 is 1.70. The molecule has 102 valence electrons. The Balaban J connectivity index is 1.98. The molecule has 0 aliphatic heterocycles. The van der Waals surface area contributed by atoms with Crippen molar-refractivity contribution in [2.75, 3.05) is 0 Å². The molecular weight excluding hydrogens is 256 g/mol. The molecule has 0 radical (unpaired) electrons. The fraction of sp³-hybridized carbons (Fsp3) is 0.400. The predicted octanol–water partition coefficient (Wildman–Crippen LogP) is 3.56. The smallest absolute Gasteiger partial charge is 0.114 e. The first-order valence-electron chi connectivity index (χ1n) is 6.55. The van der Waals surface area contributed by atoms with Gasteiger partial charge in [-0.1, -0.05) is 24.8 Å². The van der Waals surface area contributed by atoms with Crippen LogP contribution in [0.1, 0.15) is 30.2 Å². The van der Waals surface area contributed by atoms with Gasteiger partial charge in [0.15, 0.2) is 0 Å². The van der Waals surface area contributed by atoms with E-state index in [1.54, 1.807) is 18.0 Å². The number of aryl methyl sites for hydroxylation is 1. The van der Waals surface area contributed by atoms with Crippen LogP contribution in [0, 0.1) is 6.92 Å². The molecular formula is C15H20N2OS. The Hall–Kier alpha value is -1.26. The molecule has 0 spiro atoms. The molecule has 0 saturated heterocycles. The Morgan fingerprint density at radius 1 is 1.47 bits per heavy atom. The normalized spacial score (nSPS) is 12.6. The Bertz CT molecular complexity index is 511. The summed E-state index contributed by atoms with van der Waals surface area (Å²) in [6, 6.07) is 6.30. The molecule has 0 fully saturated rings. The van der Waals surface area contributed by atoms with E-state index in [9.17, 15) is 0 Å². The van der Waals surface area contributed by atoms with E-state index in [0.717, 1.165) is 29.4 Å². The molecule has 0 saturated carbocycles. The van der Waals surface area contributed by atoms with Crippen molar-refractivity contribution in [1.29, 1.82) is 0 Å². The third-order valence-electron chi connectivity index (χ3n) is 3.04. The Labute approximate surface area is 118 Å². The van der Waals surface area contributed by atoms with Gasteiger partial charge in [-0.3, -0.25) is 0 Å². The van der Waals surface area contributed by atoms with Gasteiger partial charge in [-0.25, -0.2) is 4.98 Å². The summed E-state index contributed by atoms with van der Waals surface area (Å²) in [6.45, 7) is 4.21. The largest absolute Gasteiger partial charge is 0.468 e. The average Bonchev–Trinajstić information content (AvgIpc) is 2.91. The molecule has 0 bridgehead atoms. The van der Waals surface area contributed by atoms with Crippen molar-refractivity contribution in [2.24, 2.45) is 5.73 Å². The Kier molecular flexibility index (Phi) is 5.05. The van der Waals surface area contributed by atoms with Crippen LogP contribution in [0.4, 0.5) is 0 Å². The van der Waals surface area contributed by atoms with E-state index in [-0.39, 0.29) is 6.04 Å². The molecule has 2 N–H and O–H groups in total. The number of aromatic nitrogens is 1. The quantitative estimate of drug-likeness (QED) is 0.820. The lowest BCUT2D eigenvalue weighted by molar-refractivity contribution is 0.530. The summed E-state index contributed by atoms with van der Waals surface area (Å²) in [6.07, 6.45) is 5.53. The molecule has 3 nitrogen and oxygen atoms in total. The number of pyridine rings is 1. The van der Waals surface area contributed by atoms with Crippen molar-refractivity contribution in [3.8, 4) is 0 Å². The molecule has 1 unspecified atom stereocenters. The monoisotopic (exact) mass is 276 g/mol. The Morgan fingerprint density at radius 3 is 2.95 bits per heavy atom. The van der Waals surface area contributed by atoms with Gasteiger partial charge in [0.25, 0.3) is 0 Å². The first-order chi connectivity index (χ1) is 9.19. The van der Waals surface area contributed by atoms with Gasteiger partial charge in [-0.05, 0) is 43.0 Å². The van der Waals surface area contributed by atoms with Gasteiger partial charge in [0.05, 0.1) is 17.0 Å².